The predicted octanol–water partition coefficient (Wildman–Crippen LogP) is 3.43. The van der Waals surface area contributed by atoms with Gasteiger partial charge >= 0.3 is 0 Å². The predicted molar refractivity (Wildman–Crippen MR) is 124 cm³/mol. The zero-order valence-corrected chi connectivity index (χ0v) is 19.6. The van der Waals surface area contributed by atoms with E-state index in [1.54, 1.807) is 36.9 Å². The van der Waals surface area contributed by atoms with Gasteiger partial charge < -0.3 is 9.80 Å². The van der Waals surface area contributed by atoms with Crippen molar-refractivity contribution in [2.75, 3.05) is 44.2 Å². The molecule has 0 N–H and O–H groups in total. The molecule has 1 saturated heterocycles. The van der Waals surface area contributed by atoms with Crippen molar-refractivity contribution in [2.24, 2.45) is 0 Å². The number of fused-ring (bicyclic) bond motifs is 1. The standard InChI is InChI=1S/C22H25FN4O3S2/c1-3-27(4-2)32(29,30)18-8-5-16(6-9-18)21(28)25-11-13-26(14-12-25)22-24-19-10-7-17(23)15-20(19)31-22/h5-10,15H,3-4,11-14H2,1-2H3. The third kappa shape index (κ3) is 4.35. The SMILES string of the molecule is CCN(CC)S(=O)(=O)c1ccc(C(=O)N2CCN(c3nc4ccc(F)cc4s3)CC2)cc1. The van der Waals surface area contributed by atoms with Crippen LogP contribution in [0.5, 0.6) is 0 Å². The molecule has 1 amide bonds. The smallest absolute Gasteiger partial charge is 0.253 e. The Kier molecular flexibility index (Phi) is 6.45. The molecule has 1 aliphatic heterocycles. The van der Waals surface area contributed by atoms with Gasteiger partial charge in [0.15, 0.2) is 5.13 Å². The first-order valence-electron chi connectivity index (χ1n) is 10.5. The molecular formula is C22H25FN4O3S2. The van der Waals surface area contributed by atoms with Crippen LogP contribution < -0.4 is 4.90 Å². The first-order valence-corrected chi connectivity index (χ1v) is 12.8. The average molecular weight is 477 g/mol. The number of hydrogen-bond acceptors (Lipinski definition) is 6. The molecule has 0 saturated carbocycles. The zero-order valence-electron chi connectivity index (χ0n) is 18.0. The normalized spacial score (nSPS) is 15.0. The number of benzene rings is 2. The van der Waals surface area contributed by atoms with Gasteiger partial charge in [-0.25, -0.2) is 17.8 Å². The molecule has 2 heterocycles. The summed E-state index contributed by atoms with van der Waals surface area (Å²) in [4.78, 5) is 21.6. The van der Waals surface area contributed by atoms with Crippen molar-refractivity contribution in [2.45, 2.75) is 18.7 Å². The Hall–Kier alpha value is -2.56. The van der Waals surface area contributed by atoms with Crippen LogP contribution in [0.4, 0.5) is 9.52 Å². The number of carbonyl (C=O) groups excluding carboxylic acids is 1. The number of anilines is 1. The molecule has 32 heavy (non-hydrogen) atoms. The number of piperazine rings is 1. The lowest BCUT2D eigenvalue weighted by Crippen LogP contribution is -2.48. The molecule has 0 atom stereocenters. The topological polar surface area (TPSA) is 73.8 Å². The first-order chi connectivity index (χ1) is 15.3. The van der Waals surface area contributed by atoms with Crippen LogP contribution in [0.1, 0.15) is 24.2 Å². The van der Waals surface area contributed by atoms with Gasteiger partial charge in [0.25, 0.3) is 5.91 Å². The van der Waals surface area contributed by atoms with Gasteiger partial charge in [-0.2, -0.15) is 4.31 Å². The molecule has 170 valence electrons. The van der Waals surface area contributed by atoms with Crippen LogP contribution in [-0.2, 0) is 10.0 Å². The van der Waals surface area contributed by atoms with Crippen molar-refractivity contribution in [3.8, 4) is 0 Å². The molecule has 2 aromatic carbocycles. The van der Waals surface area contributed by atoms with Crippen LogP contribution in [0.2, 0.25) is 0 Å². The fraction of sp³-hybridized carbons (Fsp3) is 0.364. The molecule has 4 rings (SSSR count). The van der Waals surface area contributed by atoms with E-state index in [4.69, 9.17) is 0 Å². The molecule has 7 nitrogen and oxygen atoms in total. The van der Waals surface area contributed by atoms with E-state index >= 15 is 0 Å². The Bertz CT molecular complexity index is 1220. The van der Waals surface area contributed by atoms with Gasteiger partial charge in [-0.1, -0.05) is 25.2 Å². The van der Waals surface area contributed by atoms with Gasteiger partial charge in [-0.05, 0) is 42.5 Å². The van der Waals surface area contributed by atoms with Gasteiger partial charge in [0.05, 0.1) is 15.1 Å². The van der Waals surface area contributed by atoms with Crippen molar-refractivity contribution in [1.29, 1.82) is 0 Å². The average Bonchev–Trinajstić information content (AvgIpc) is 3.22. The van der Waals surface area contributed by atoms with E-state index in [1.165, 1.54) is 39.9 Å². The summed E-state index contributed by atoms with van der Waals surface area (Å²) in [6.07, 6.45) is 0. The van der Waals surface area contributed by atoms with Crippen LogP contribution >= 0.6 is 11.3 Å². The maximum Gasteiger partial charge on any atom is 0.253 e. The van der Waals surface area contributed by atoms with Crippen molar-refractivity contribution in [3.05, 3.63) is 53.8 Å². The quantitative estimate of drug-likeness (QED) is 0.545. The van der Waals surface area contributed by atoms with Crippen molar-refractivity contribution >= 4 is 42.6 Å². The molecule has 0 spiro atoms. The molecule has 0 bridgehead atoms. The van der Waals surface area contributed by atoms with E-state index in [9.17, 15) is 17.6 Å². The third-order valence-corrected chi connectivity index (χ3v) is 8.76. The molecule has 0 unspecified atom stereocenters. The van der Waals surface area contributed by atoms with E-state index < -0.39 is 10.0 Å². The summed E-state index contributed by atoms with van der Waals surface area (Å²) in [6, 6.07) is 10.7. The molecule has 10 heteroatoms. The molecular weight excluding hydrogens is 451 g/mol. The molecule has 0 aliphatic carbocycles. The number of carbonyl (C=O) groups is 1. The monoisotopic (exact) mass is 476 g/mol. The number of rotatable bonds is 6. The largest absolute Gasteiger partial charge is 0.345 e. The summed E-state index contributed by atoms with van der Waals surface area (Å²) in [6.45, 7) is 6.70. The molecule has 1 aliphatic rings. The van der Waals surface area contributed by atoms with Gasteiger partial charge in [0.2, 0.25) is 10.0 Å². The Morgan fingerprint density at radius 2 is 1.72 bits per heavy atom. The maximum absolute atomic E-state index is 13.4. The number of aromatic nitrogens is 1. The van der Waals surface area contributed by atoms with Crippen molar-refractivity contribution in [1.82, 2.24) is 14.2 Å². The Morgan fingerprint density at radius 1 is 1.06 bits per heavy atom. The minimum Gasteiger partial charge on any atom is -0.345 e. The summed E-state index contributed by atoms with van der Waals surface area (Å²) in [5.41, 5.74) is 1.23. The van der Waals surface area contributed by atoms with Gasteiger partial charge in [-0.3, -0.25) is 4.79 Å². The molecule has 0 radical (unpaired) electrons. The van der Waals surface area contributed by atoms with Crippen LogP contribution in [0.25, 0.3) is 10.2 Å². The van der Waals surface area contributed by atoms with Gasteiger partial charge in [-0.15, -0.1) is 0 Å². The van der Waals surface area contributed by atoms with Crippen LogP contribution in [0, 0.1) is 5.82 Å². The van der Waals surface area contributed by atoms with Crippen LogP contribution in [0.3, 0.4) is 0 Å². The highest BCUT2D eigenvalue weighted by molar-refractivity contribution is 7.89. The fourth-order valence-corrected chi connectivity index (χ4v) is 6.29. The van der Waals surface area contributed by atoms with Crippen LogP contribution in [0.15, 0.2) is 47.4 Å². The van der Waals surface area contributed by atoms with Gasteiger partial charge in [0, 0.05) is 44.8 Å². The van der Waals surface area contributed by atoms with E-state index in [0.717, 1.165) is 15.3 Å². The van der Waals surface area contributed by atoms with E-state index in [-0.39, 0.29) is 16.6 Å². The van der Waals surface area contributed by atoms with E-state index in [0.29, 0.717) is 44.8 Å². The summed E-state index contributed by atoms with van der Waals surface area (Å²) < 4.78 is 40.9. The fourth-order valence-electron chi connectivity index (χ4n) is 3.79. The highest BCUT2D eigenvalue weighted by atomic mass is 32.2. The number of hydrogen-bond donors (Lipinski definition) is 0. The van der Waals surface area contributed by atoms with Crippen molar-refractivity contribution in [3.63, 3.8) is 0 Å². The number of halogens is 1. The van der Waals surface area contributed by atoms with E-state index in [2.05, 4.69) is 9.88 Å². The van der Waals surface area contributed by atoms with Gasteiger partial charge in [0.1, 0.15) is 5.82 Å². The second kappa shape index (κ2) is 9.13. The lowest BCUT2D eigenvalue weighted by molar-refractivity contribution is 0.0746. The Morgan fingerprint density at radius 3 is 2.34 bits per heavy atom. The minimum absolute atomic E-state index is 0.122. The van der Waals surface area contributed by atoms with Crippen LogP contribution in [-0.4, -0.2) is 67.8 Å². The molecule has 1 fully saturated rings. The second-order valence-electron chi connectivity index (χ2n) is 7.50. The summed E-state index contributed by atoms with van der Waals surface area (Å²) in [5.74, 6) is -0.401. The lowest BCUT2D eigenvalue weighted by Gasteiger charge is -2.34. The number of thiazole rings is 1. The highest BCUT2D eigenvalue weighted by Gasteiger charge is 2.25. The molecule has 3 aromatic rings. The van der Waals surface area contributed by atoms with Crippen molar-refractivity contribution < 1.29 is 17.6 Å². The summed E-state index contributed by atoms with van der Waals surface area (Å²) >= 11 is 1.44. The minimum atomic E-state index is -3.55. The number of amides is 1. The Labute approximate surface area is 191 Å². The molecule has 1 aromatic heterocycles. The number of sulfonamides is 1. The third-order valence-electron chi connectivity index (χ3n) is 5.62. The Balaban J connectivity index is 1.41. The maximum atomic E-state index is 13.4. The lowest BCUT2D eigenvalue weighted by atomic mass is 10.2. The van der Waals surface area contributed by atoms with E-state index in [1.807, 2.05) is 0 Å². The number of nitrogens with zero attached hydrogens (tertiary/aromatic N) is 4. The summed E-state index contributed by atoms with van der Waals surface area (Å²) in [5, 5.41) is 0.823. The first kappa shape index (κ1) is 22.6. The zero-order chi connectivity index (χ0) is 22.9. The summed E-state index contributed by atoms with van der Waals surface area (Å²) in [7, 11) is -3.55. The highest BCUT2D eigenvalue weighted by Crippen LogP contribution is 2.30. The second-order valence-corrected chi connectivity index (χ2v) is 10.4.